The molecule has 0 aromatic heterocycles. The number of hydrogen-bond donors (Lipinski definition) is 1. The number of phenols is 1. The fourth-order valence-electron chi connectivity index (χ4n) is 3.02. The van der Waals surface area contributed by atoms with Gasteiger partial charge in [-0.1, -0.05) is 18.2 Å². The van der Waals surface area contributed by atoms with Crippen molar-refractivity contribution in [1.29, 1.82) is 0 Å². The molecule has 140 valence electrons. The van der Waals surface area contributed by atoms with Crippen LogP contribution in [0.2, 0.25) is 0 Å². The Bertz CT molecular complexity index is 721. The Morgan fingerprint density at radius 1 is 1.08 bits per heavy atom. The molecule has 1 fully saturated rings. The third-order valence-electron chi connectivity index (χ3n) is 4.37. The third kappa shape index (κ3) is 4.59. The molecule has 0 amide bonds. The molecule has 0 unspecified atom stereocenters. The van der Waals surface area contributed by atoms with Crippen LogP contribution in [0.1, 0.15) is 5.56 Å². The van der Waals surface area contributed by atoms with Crippen molar-refractivity contribution in [3.05, 3.63) is 48.0 Å². The van der Waals surface area contributed by atoms with Gasteiger partial charge in [-0.3, -0.25) is 4.90 Å². The zero-order valence-electron chi connectivity index (χ0n) is 15.2. The van der Waals surface area contributed by atoms with E-state index in [0.29, 0.717) is 19.0 Å². The molecule has 1 N–H and O–H groups in total. The zero-order chi connectivity index (χ0) is 18.4. The van der Waals surface area contributed by atoms with Gasteiger partial charge in [0.25, 0.3) is 0 Å². The van der Waals surface area contributed by atoms with Crippen molar-refractivity contribution < 1.29 is 24.1 Å². The van der Waals surface area contributed by atoms with Crippen LogP contribution in [0.25, 0.3) is 0 Å². The van der Waals surface area contributed by atoms with Crippen LogP contribution < -0.4 is 14.2 Å². The van der Waals surface area contributed by atoms with Gasteiger partial charge >= 0.3 is 0 Å². The summed E-state index contributed by atoms with van der Waals surface area (Å²) in [6.07, 6.45) is -0.00678. The predicted molar refractivity (Wildman–Crippen MR) is 98.2 cm³/mol. The SMILES string of the molecule is COc1cc(CN2CCO[C@H](COc3ccccc3OC)C2)ccc1O. The molecule has 26 heavy (non-hydrogen) atoms. The quantitative estimate of drug-likeness (QED) is 0.820. The summed E-state index contributed by atoms with van der Waals surface area (Å²) < 4.78 is 22.2. The van der Waals surface area contributed by atoms with Gasteiger partial charge in [0.15, 0.2) is 23.0 Å². The summed E-state index contributed by atoms with van der Waals surface area (Å²) in [4.78, 5) is 2.31. The van der Waals surface area contributed by atoms with Crippen LogP contribution in [0.3, 0.4) is 0 Å². The number of benzene rings is 2. The highest BCUT2D eigenvalue weighted by Crippen LogP contribution is 2.28. The molecule has 6 heteroatoms. The van der Waals surface area contributed by atoms with Gasteiger partial charge in [0.05, 0.1) is 20.8 Å². The number of morpholine rings is 1. The van der Waals surface area contributed by atoms with Crippen molar-refractivity contribution in [2.75, 3.05) is 40.5 Å². The molecule has 1 saturated heterocycles. The van der Waals surface area contributed by atoms with E-state index >= 15 is 0 Å². The zero-order valence-corrected chi connectivity index (χ0v) is 15.2. The molecule has 1 aliphatic heterocycles. The first-order valence-electron chi connectivity index (χ1n) is 8.65. The lowest BCUT2D eigenvalue weighted by atomic mass is 10.1. The topological polar surface area (TPSA) is 60.4 Å². The molecule has 0 aliphatic carbocycles. The van der Waals surface area contributed by atoms with Crippen molar-refractivity contribution in [2.45, 2.75) is 12.6 Å². The normalized spacial score (nSPS) is 17.7. The fourth-order valence-corrected chi connectivity index (χ4v) is 3.02. The van der Waals surface area contributed by atoms with E-state index in [1.807, 2.05) is 36.4 Å². The van der Waals surface area contributed by atoms with Crippen LogP contribution in [0.15, 0.2) is 42.5 Å². The molecular weight excluding hydrogens is 334 g/mol. The van der Waals surface area contributed by atoms with E-state index in [0.717, 1.165) is 36.7 Å². The van der Waals surface area contributed by atoms with Crippen molar-refractivity contribution in [2.24, 2.45) is 0 Å². The molecule has 0 bridgehead atoms. The van der Waals surface area contributed by atoms with Crippen molar-refractivity contribution >= 4 is 0 Å². The summed E-state index contributed by atoms with van der Waals surface area (Å²) in [7, 11) is 3.19. The van der Waals surface area contributed by atoms with Crippen LogP contribution in [-0.4, -0.2) is 56.6 Å². The number of rotatable bonds is 7. The van der Waals surface area contributed by atoms with Gasteiger partial charge < -0.3 is 24.1 Å². The lowest BCUT2D eigenvalue weighted by molar-refractivity contribution is -0.0506. The number of aromatic hydroxyl groups is 1. The van der Waals surface area contributed by atoms with E-state index in [1.165, 1.54) is 0 Å². The van der Waals surface area contributed by atoms with E-state index in [-0.39, 0.29) is 11.9 Å². The van der Waals surface area contributed by atoms with Crippen LogP contribution in [-0.2, 0) is 11.3 Å². The molecule has 0 saturated carbocycles. The Kier molecular flexibility index (Phi) is 6.20. The van der Waals surface area contributed by atoms with E-state index in [9.17, 15) is 5.11 Å². The molecule has 6 nitrogen and oxygen atoms in total. The Morgan fingerprint density at radius 3 is 2.62 bits per heavy atom. The molecule has 2 aromatic carbocycles. The monoisotopic (exact) mass is 359 g/mol. The highest BCUT2D eigenvalue weighted by molar-refractivity contribution is 5.41. The number of nitrogens with zero attached hydrogens (tertiary/aromatic N) is 1. The predicted octanol–water partition coefficient (Wildman–Crippen LogP) is 2.69. The van der Waals surface area contributed by atoms with Crippen LogP contribution in [0, 0.1) is 0 Å². The third-order valence-corrected chi connectivity index (χ3v) is 4.37. The van der Waals surface area contributed by atoms with Crippen molar-refractivity contribution in [1.82, 2.24) is 4.90 Å². The smallest absolute Gasteiger partial charge is 0.161 e. The first-order valence-corrected chi connectivity index (χ1v) is 8.65. The van der Waals surface area contributed by atoms with E-state index < -0.39 is 0 Å². The highest BCUT2D eigenvalue weighted by atomic mass is 16.5. The largest absolute Gasteiger partial charge is 0.504 e. The van der Waals surface area contributed by atoms with Gasteiger partial charge in [-0.15, -0.1) is 0 Å². The van der Waals surface area contributed by atoms with Crippen LogP contribution >= 0.6 is 0 Å². The first-order chi connectivity index (χ1) is 12.7. The summed E-state index contributed by atoms with van der Waals surface area (Å²) in [6.45, 7) is 3.53. The Balaban J connectivity index is 1.55. The lowest BCUT2D eigenvalue weighted by Gasteiger charge is -2.33. The molecule has 0 radical (unpaired) electrons. The van der Waals surface area contributed by atoms with Gasteiger partial charge in [-0.05, 0) is 29.8 Å². The molecule has 1 heterocycles. The summed E-state index contributed by atoms with van der Waals surface area (Å²) in [6, 6.07) is 13.0. The summed E-state index contributed by atoms with van der Waals surface area (Å²) in [5.41, 5.74) is 1.09. The van der Waals surface area contributed by atoms with Crippen molar-refractivity contribution in [3.8, 4) is 23.0 Å². The van der Waals surface area contributed by atoms with E-state index in [1.54, 1.807) is 20.3 Å². The molecule has 0 spiro atoms. The number of para-hydroxylation sites is 2. The molecule has 3 rings (SSSR count). The maximum absolute atomic E-state index is 9.72. The number of hydrogen-bond acceptors (Lipinski definition) is 6. The Morgan fingerprint density at radius 2 is 1.85 bits per heavy atom. The van der Waals surface area contributed by atoms with Gasteiger partial charge in [0.2, 0.25) is 0 Å². The van der Waals surface area contributed by atoms with E-state index in [2.05, 4.69) is 4.90 Å². The lowest BCUT2D eigenvalue weighted by Crippen LogP contribution is -2.44. The first kappa shape index (κ1) is 18.4. The van der Waals surface area contributed by atoms with Crippen LogP contribution in [0.5, 0.6) is 23.0 Å². The fraction of sp³-hybridized carbons (Fsp3) is 0.400. The summed E-state index contributed by atoms with van der Waals surface area (Å²) >= 11 is 0. The standard InChI is InChI=1S/C20H25NO5/c1-23-18-5-3-4-6-19(18)26-14-16-13-21(9-10-25-16)12-15-7-8-17(22)20(11-15)24-2/h3-8,11,16,22H,9-10,12-14H2,1-2H3/t16-/m0/s1. The van der Waals surface area contributed by atoms with E-state index in [4.69, 9.17) is 18.9 Å². The Hall–Kier alpha value is -2.44. The molecule has 1 atom stereocenters. The van der Waals surface area contributed by atoms with Crippen molar-refractivity contribution in [3.63, 3.8) is 0 Å². The number of ether oxygens (including phenoxy) is 4. The second-order valence-corrected chi connectivity index (χ2v) is 6.20. The van der Waals surface area contributed by atoms with Gasteiger partial charge in [-0.25, -0.2) is 0 Å². The minimum absolute atomic E-state index is 0.00678. The second kappa shape index (κ2) is 8.78. The summed E-state index contributed by atoms with van der Waals surface area (Å²) in [5, 5.41) is 9.72. The average Bonchev–Trinajstić information content (AvgIpc) is 2.68. The minimum Gasteiger partial charge on any atom is -0.504 e. The van der Waals surface area contributed by atoms with Gasteiger partial charge in [-0.2, -0.15) is 0 Å². The molecule has 1 aliphatic rings. The van der Waals surface area contributed by atoms with Crippen LogP contribution in [0.4, 0.5) is 0 Å². The van der Waals surface area contributed by atoms with Gasteiger partial charge in [0, 0.05) is 19.6 Å². The minimum atomic E-state index is -0.00678. The Labute approximate surface area is 153 Å². The number of phenolic OH excluding ortho intramolecular Hbond substituents is 1. The maximum atomic E-state index is 9.72. The van der Waals surface area contributed by atoms with Gasteiger partial charge in [0.1, 0.15) is 12.7 Å². The average molecular weight is 359 g/mol. The molecular formula is C20H25NO5. The summed E-state index contributed by atoms with van der Waals surface area (Å²) in [5.74, 6) is 2.09. The maximum Gasteiger partial charge on any atom is 0.161 e. The number of methoxy groups -OCH3 is 2. The molecule has 2 aromatic rings. The highest BCUT2D eigenvalue weighted by Gasteiger charge is 2.22. The second-order valence-electron chi connectivity index (χ2n) is 6.20.